The first-order chi connectivity index (χ1) is 25.8. The van der Waals surface area contributed by atoms with Gasteiger partial charge in [0.2, 0.25) is 0 Å². The van der Waals surface area contributed by atoms with Crippen LogP contribution in [0.5, 0.6) is 0 Å². The Morgan fingerprint density at radius 1 is 0.192 bits per heavy atom. The SMILES string of the molecule is c1ccc(-c2ccc(-c3ccc4ccc(-c5c6ccccc6c(-c6ccc(-c7cccc8ccccc78)cc6)c6ccccc56)cc4c3)cc2)cc1. The van der Waals surface area contributed by atoms with Crippen molar-refractivity contribution in [2.45, 2.75) is 0 Å². The second-order valence-corrected chi connectivity index (χ2v) is 13.7. The number of fused-ring (bicyclic) bond motifs is 4. The van der Waals surface area contributed by atoms with Crippen molar-refractivity contribution in [3.8, 4) is 55.6 Å². The molecular formula is C52H34. The van der Waals surface area contributed by atoms with Gasteiger partial charge in [0.1, 0.15) is 0 Å². The molecule has 242 valence electrons. The molecule has 0 aliphatic rings. The Balaban J connectivity index is 1.09. The van der Waals surface area contributed by atoms with Gasteiger partial charge in [0.15, 0.2) is 0 Å². The summed E-state index contributed by atoms with van der Waals surface area (Å²) in [6, 6.07) is 75.5. The van der Waals surface area contributed by atoms with Crippen LogP contribution in [0.4, 0.5) is 0 Å². The van der Waals surface area contributed by atoms with E-state index in [0.29, 0.717) is 0 Å². The zero-order valence-corrected chi connectivity index (χ0v) is 28.6. The molecule has 0 nitrogen and oxygen atoms in total. The van der Waals surface area contributed by atoms with Gasteiger partial charge in [0.05, 0.1) is 0 Å². The summed E-state index contributed by atoms with van der Waals surface area (Å²) in [6.07, 6.45) is 0. The number of hydrogen-bond donors (Lipinski definition) is 0. The van der Waals surface area contributed by atoms with Crippen molar-refractivity contribution in [2.24, 2.45) is 0 Å². The van der Waals surface area contributed by atoms with Crippen LogP contribution in [0, 0.1) is 0 Å². The van der Waals surface area contributed by atoms with Gasteiger partial charge in [-0.1, -0.05) is 194 Å². The fraction of sp³-hybridized carbons (Fsp3) is 0. The van der Waals surface area contributed by atoms with Crippen molar-refractivity contribution >= 4 is 43.1 Å². The lowest BCUT2D eigenvalue weighted by atomic mass is 9.85. The highest BCUT2D eigenvalue weighted by atomic mass is 14.2. The van der Waals surface area contributed by atoms with Gasteiger partial charge in [-0.2, -0.15) is 0 Å². The minimum absolute atomic E-state index is 1.22. The quantitative estimate of drug-likeness (QED) is 0.161. The van der Waals surface area contributed by atoms with Gasteiger partial charge < -0.3 is 0 Å². The number of benzene rings is 10. The molecule has 0 heterocycles. The molecule has 10 aromatic rings. The predicted octanol–water partition coefficient (Wildman–Crippen LogP) is 14.6. The summed E-state index contributed by atoms with van der Waals surface area (Å²) in [5.74, 6) is 0. The largest absolute Gasteiger partial charge is 0.0622 e. The maximum Gasteiger partial charge on any atom is -0.00262 e. The van der Waals surface area contributed by atoms with Crippen LogP contribution in [0.15, 0.2) is 206 Å². The third kappa shape index (κ3) is 5.16. The summed E-state index contributed by atoms with van der Waals surface area (Å²) in [6.45, 7) is 0. The zero-order valence-electron chi connectivity index (χ0n) is 28.6. The van der Waals surface area contributed by atoms with Crippen LogP contribution in [-0.2, 0) is 0 Å². The van der Waals surface area contributed by atoms with E-state index in [4.69, 9.17) is 0 Å². The topological polar surface area (TPSA) is 0 Å². The molecule has 10 aromatic carbocycles. The minimum Gasteiger partial charge on any atom is -0.0622 e. The smallest absolute Gasteiger partial charge is 0.00262 e. The fourth-order valence-electron chi connectivity index (χ4n) is 8.11. The van der Waals surface area contributed by atoms with Gasteiger partial charge in [0.25, 0.3) is 0 Å². The molecule has 10 rings (SSSR count). The maximum absolute atomic E-state index is 2.38. The van der Waals surface area contributed by atoms with Gasteiger partial charge >= 0.3 is 0 Å². The van der Waals surface area contributed by atoms with E-state index in [1.54, 1.807) is 0 Å². The zero-order chi connectivity index (χ0) is 34.4. The van der Waals surface area contributed by atoms with Crippen LogP contribution in [0.1, 0.15) is 0 Å². The molecule has 0 atom stereocenters. The molecule has 0 unspecified atom stereocenters. The summed E-state index contributed by atoms with van der Waals surface area (Å²) in [4.78, 5) is 0. The molecule has 0 saturated heterocycles. The lowest BCUT2D eigenvalue weighted by molar-refractivity contribution is 1.60. The Morgan fingerprint density at radius 3 is 1.27 bits per heavy atom. The molecule has 0 N–H and O–H groups in total. The van der Waals surface area contributed by atoms with Crippen LogP contribution in [0.2, 0.25) is 0 Å². The molecule has 0 heteroatoms. The lowest BCUT2D eigenvalue weighted by Crippen LogP contribution is -1.91. The molecule has 0 aromatic heterocycles. The average molecular weight is 659 g/mol. The summed E-state index contributed by atoms with van der Waals surface area (Å²) in [7, 11) is 0. The molecule has 0 spiro atoms. The molecule has 0 saturated carbocycles. The Hall–Kier alpha value is -6.76. The molecule has 0 radical (unpaired) electrons. The van der Waals surface area contributed by atoms with Gasteiger partial charge in [0, 0.05) is 0 Å². The monoisotopic (exact) mass is 658 g/mol. The Morgan fingerprint density at radius 2 is 0.615 bits per heavy atom. The van der Waals surface area contributed by atoms with Crippen molar-refractivity contribution in [3.05, 3.63) is 206 Å². The third-order valence-corrected chi connectivity index (χ3v) is 10.7. The van der Waals surface area contributed by atoms with Crippen LogP contribution in [0.25, 0.3) is 98.7 Å². The van der Waals surface area contributed by atoms with Gasteiger partial charge in [-0.15, -0.1) is 0 Å². The van der Waals surface area contributed by atoms with E-state index in [0.717, 1.165) is 0 Å². The highest BCUT2D eigenvalue weighted by molar-refractivity contribution is 6.21. The molecule has 0 aliphatic carbocycles. The maximum atomic E-state index is 2.38. The van der Waals surface area contributed by atoms with Crippen molar-refractivity contribution in [2.75, 3.05) is 0 Å². The van der Waals surface area contributed by atoms with Crippen LogP contribution in [-0.4, -0.2) is 0 Å². The first kappa shape index (κ1) is 30.1. The van der Waals surface area contributed by atoms with E-state index >= 15 is 0 Å². The summed E-state index contributed by atoms with van der Waals surface area (Å²) in [5.41, 5.74) is 12.4. The molecule has 52 heavy (non-hydrogen) atoms. The van der Waals surface area contributed by atoms with E-state index in [1.165, 1.54) is 98.7 Å². The van der Waals surface area contributed by atoms with Gasteiger partial charge in [-0.05, 0) is 111 Å². The summed E-state index contributed by atoms with van der Waals surface area (Å²) >= 11 is 0. The van der Waals surface area contributed by atoms with E-state index in [-0.39, 0.29) is 0 Å². The highest BCUT2D eigenvalue weighted by Gasteiger charge is 2.17. The van der Waals surface area contributed by atoms with Crippen molar-refractivity contribution in [3.63, 3.8) is 0 Å². The Kier molecular flexibility index (Phi) is 7.25. The van der Waals surface area contributed by atoms with E-state index in [9.17, 15) is 0 Å². The van der Waals surface area contributed by atoms with E-state index < -0.39 is 0 Å². The van der Waals surface area contributed by atoms with Crippen LogP contribution >= 0.6 is 0 Å². The second kappa shape index (κ2) is 12.5. The Labute approximate surface area is 303 Å². The van der Waals surface area contributed by atoms with Gasteiger partial charge in [-0.25, -0.2) is 0 Å². The highest BCUT2D eigenvalue weighted by Crippen LogP contribution is 2.44. The van der Waals surface area contributed by atoms with E-state index in [1.807, 2.05) is 0 Å². The van der Waals surface area contributed by atoms with Crippen molar-refractivity contribution < 1.29 is 0 Å². The van der Waals surface area contributed by atoms with Crippen molar-refractivity contribution in [1.82, 2.24) is 0 Å². The third-order valence-electron chi connectivity index (χ3n) is 10.7. The molecule has 0 amide bonds. The molecular weight excluding hydrogens is 625 g/mol. The van der Waals surface area contributed by atoms with Gasteiger partial charge in [-0.3, -0.25) is 0 Å². The van der Waals surface area contributed by atoms with Crippen LogP contribution < -0.4 is 0 Å². The van der Waals surface area contributed by atoms with Crippen LogP contribution in [0.3, 0.4) is 0 Å². The lowest BCUT2D eigenvalue weighted by Gasteiger charge is -2.18. The standard InChI is InChI=1S/C52H34/c1-2-11-35(12-3-1)36-21-23-37(24-22-36)42-31-25-38-26-32-43(34-44(38)33-42)52-49-18-8-6-16-47(49)51(48-17-7-9-19-50(48)52)41-29-27-40(28-30-41)46-20-10-14-39-13-4-5-15-45(39)46/h1-34H. The average Bonchev–Trinajstić information content (AvgIpc) is 3.22. The minimum atomic E-state index is 1.22. The first-order valence-electron chi connectivity index (χ1n) is 18.0. The normalized spacial score (nSPS) is 11.5. The fourth-order valence-corrected chi connectivity index (χ4v) is 8.11. The van der Waals surface area contributed by atoms with Crippen molar-refractivity contribution in [1.29, 1.82) is 0 Å². The van der Waals surface area contributed by atoms with E-state index in [2.05, 4.69) is 206 Å². The number of hydrogen-bond acceptors (Lipinski definition) is 0. The number of rotatable bonds is 5. The second-order valence-electron chi connectivity index (χ2n) is 13.7. The first-order valence-corrected chi connectivity index (χ1v) is 18.0. The molecule has 0 aliphatic heterocycles. The predicted molar refractivity (Wildman–Crippen MR) is 224 cm³/mol. The summed E-state index contributed by atoms with van der Waals surface area (Å²) in [5, 5.41) is 10.1. The molecule has 0 fully saturated rings. The molecule has 0 bridgehead atoms. The summed E-state index contributed by atoms with van der Waals surface area (Å²) < 4.78 is 0. The Bertz CT molecular complexity index is 2850.